The van der Waals surface area contributed by atoms with E-state index in [1.165, 1.54) is 0 Å². The maximum atomic E-state index is 12.8. The van der Waals surface area contributed by atoms with Crippen molar-refractivity contribution in [1.29, 1.82) is 0 Å². The molecule has 2 aromatic carbocycles. The fourth-order valence-electron chi connectivity index (χ4n) is 2.64. The minimum absolute atomic E-state index is 0.123. The molecule has 0 radical (unpaired) electrons. The number of rotatable bonds is 2. The highest BCUT2D eigenvalue weighted by molar-refractivity contribution is 6.30. The van der Waals surface area contributed by atoms with Crippen LogP contribution in [0.5, 0.6) is 0 Å². The van der Waals surface area contributed by atoms with Crippen LogP contribution in [0.3, 0.4) is 0 Å². The zero-order valence-corrected chi connectivity index (χ0v) is 10.8. The van der Waals surface area contributed by atoms with E-state index in [9.17, 15) is 9.59 Å². The number of fused-ring (bicyclic) bond motifs is 2. The largest absolute Gasteiger partial charge is 0.289 e. The van der Waals surface area contributed by atoms with E-state index in [1.54, 1.807) is 48.6 Å². The molecule has 1 aliphatic carbocycles. The lowest BCUT2D eigenvalue weighted by Crippen LogP contribution is -2.23. The van der Waals surface area contributed by atoms with E-state index in [-0.39, 0.29) is 11.6 Å². The Hall–Kier alpha value is -2.74. The van der Waals surface area contributed by atoms with Gasteiger partial charge in [0.2, 0.25) is 0 Å². The Kier molecular flexibility index (Phi) is 2.72. The summed E-state index contributed by atoms with van der Waals surface area (Å²) >= 11 is 0. The first kappa shape index (κ1) is 12.3. The summed E-state index contributed by atoms with van der Waals surface area (Å²) in [5, 5.41) is 0. The SMILES string of the molecule is C=Cc1cccc2c1C(=O)c1c(C=C)cccc1C2=O. The van der Waals surface area contributed by atoms with Crippen LogP contribution in [-0.4, -0.2) is 11.6 Å². The number of ketones is 2. The van der Waals surface area contributed by atoms with E-state index in [0.717, 1.165) is 0 Å². The van der Waals surface area contributed by atoms with E-state index in [1.807, 2.05) is 0 Å². The number of carbonyl (C=O) groups is 2. The quantitative estimate of drug-likeness (QED) is 0.703. The maximum absolute atomic E-state index is 12.8. The van der Waals surface area contributed by atoms with Crippen molar-refractivity contribution in [3.63, 3.8) is 0 Å². The number of carbonyl (C=O) groups excluding carboxylic acids is 2. The number of hydrogen-bond acceptors (Lipinski definition) is 2. The van der Waals surface area contributed by atoms with Crippen LogP contribution in [0, 0.1) is 0 Å². The van der Waals surface area contributed by atoms with Gasteiger partial charge in [0.25, 0.3) is 0 Å². The van der Waals surface area contributed by atoms with E-state index in [4.69, 9.17) is 0 Å². The molecule has 0 aliphatic heterocycles. The van der Waals surface area contributed by atoms with Crippen LogP contribution in [0.2, 0.25) is 0 Å². The van der Waals surface area contributed by atoms with Gasteiger partial charge in [-0.25, -0.2) is 0 Å². The van der Waals surface area contributed by atoms with Crippen molar-refractivity contribution in [3.05, 3.63) is 82.9 Å². The monoisotopic (exact) mass is 260 g/mol. The molecule has 0 amide bonds. The first-order valence-electron chi connectivity index (χ1n) is 6.29. The van der Waals surface area contributed by atoms with Gasteiger partial charge in [-0.1, -0.05) is 61.7 Å². The highest BCUT2D eigenvalue weighted by Gasteiger charge is 2.32. The Balaban J connectivity index is 2.40. The molecule has 0 heterocycles. The van der Waals surface area contributed by atoms with Gasteiger partial charge in [0.05, 0.1) is 0 Å². The van der Waals surface area contributed by atoms with E-state index in [0.29, 0.717) is 33.4 Å². The summed E-state index contributed by atoms with van der Waals surface area (Å²) in [6, 6.07) is 10.5. The summed E-state index contributed by atoms with van der Waals surface area (Å²) in [6.45, 7) is 7.43. The van der Waals surface area contributed by atoms with Gasteiger partial charge in [-0.05, 0) is 11.1 Å². The molecular weight excluding hydrogens is 248 g/mol. The van der Waals surface area contributed by atoms with E-state index in [2.05, 4.69) is 13.2 Å². The van der Waals surface area contributed by atoms with Crippen LogP contribution in [-0.2, 0) is 0 Å². The second-order valence-corrected chi connectivity index (χ2v) is 4.61. The van der Waals surface area contributed by atoms with Crippen molar-refractivity contribution < 1.29 is 9.59 Å². The molecule has 0 N–H and O–H groups in total. The van der Waals surface area contributed by atoms with Gasteiger partial charge >= 0.3 is 0 Å². The zero-order chi connectivity index (χ0) is 14.3. The van der Waals surface area contributed by atoms with Gasteiger partial charge in [0.15, 0.2) is 11.6 Å². The first-order valence-corrected chi connectivity index (χ1v) is 6.29. The third-order valence-corrected chi connectivity index (χ3v) is 3.58. The molecule has 0 unspecified atom stereocenters. The molecular formula is C18H12O2. The molecule has 0 atom stereocenters. The van der Waals surface area contributed by atoms with Gasteiger partial charge < -0.3 is 0 Å². The summed E-state index contributed by atoms with van der Waals surface area (Å²) < 4.78 is 0. The van der Waals surface area contributed by atoms with Gasteiger partial charge in [-0.15, -0.1) is 0 Å². The summed E-state index contributed by atoms with van der Waals surface area (Å²) in [5.41, 5.74) is 3.14. The molecule has 0 saturated carbocycles. The maximum Gasteiger partial charge on any atom is 0.195 e. The topological polar surface area (TPSA) is 34.1 Å². The number of benzene rings is 2. The van der Waals surface area contributed by atoms with Crippen molar-refractivity contribution in [3.8, 4) is 0 Å². The van der Waals surface area contributed by atoms with Crippen molar-refractivity contribution in [2.24, 2.45) is 0 Å². The Morgan fingerprint density at radius 2 is 1.15 bits per heavy atom. The third kappa shape index (κ3) is 1.51. The highest BCUT2D eigenvalue weighted by atomic mass is 16.1. The minimum atomic E-state index is -0.138. The summed E-state index contributed by atoms with van der Waals surface area (Å²) in [6.07, 6.45) is 3.21. The van der Waals surface area contributed by atoms with Crippen molar-refractivity contribution in [2.75, 3.05) is 0 Å². The van der Waals surface area contributed by atoms with Crippen LogP contribution in [0.4, 0.5) is 0 Å². The van der Waals surface area contributed by atoms with Gasteiger partial charge in [0, 0.05) is 22.3 Å². The lowest BCUT2D eigenvalue weighted by molar-refractivity contribution is 0.0979. The molecule has 3 rings (SSSR count). The predicted molar refractivity (Wildman–Crippen MR) is 79.9 cm³/mol. The van der Waals surface area contributed by atoms with Crippen LogP contribution >= 0.6 is 0 Å². The van der Waals surface area contributed by atoms with Crippen molar-refractivity contribution in [2.45, 2.75) is 0 Å². The average molecular weight is 260 g/mol. The Morgan fingerprint density at radius 3 is 1.55 bits per heavy atom. The predicted octanol–water partition coefficient (Wildman–Crippen LogP) is 3.75. The Labute approximate surface area is 117 Å². The lowest BCUT2D eigenvalue weighted by Gasteiger charge is -2.20. The third-order valence-electron chi connectivity index (χ3n) is 3.58. The summed E-state index contributed by atoms with van der Waals surface area (Å²) in [7, 11) is 0. The molecule has 1 aliphatic rings. The lowest BCUT2D eigenvalue weighted by atomic mass is 9.80. The van der Waals surface area contributed by atoms with Crippen molar-refractivity contribution >= 4 is 23.7 Å². The zero-order valence-electron chi connectivity index (χ0n) is 10.8. The Morgan fingerprint density at radius 1 is 0.700 bits per heavy atom. The molecule has 96 valence electrons. The molecule has 0 fully saturated rings. The highest BCUT2D eigenvalue weighted by Crippen LogP contribution is 2.32. The normalized spacial score (nSPS) is 12.6. The average Bonchev–Trinajstić information content (AvgIpc) is 2.50. The molecule has 2 aromatic rings. The molecule has 20 heavy (non-hydrogen) atoms. The van der Waals surface area contributed by atoms with Crippen LogP contribution in [0.1, 0.15) is 43.0 Å². The fraction of sp³-hybridized carbons (Fsp3) is 0. The van der Waals surface area contributed by atoms with E-state index >= 15 is 0 Å². The molecule has 0 saturated heterocycles. The van der Waals surface area contributed by atoms with Crippen LogP contribution < -0.4 is 0 Å². The Bertz CT molecular complexity index is 719. The van der Waals surface area contributed by atoms with Crippen LogP contribution in [0.15, 0.2) is 49.6 Å². The first-order chi connectivity index (χ1) is 9.69. The number of hydrogen-bond donors (Lipinski definition) is 0. The van der Waals surface area contributed by atoms with Gasteiger partial charge in [0.1, 0.15) is 0 Å². The fourth-order valence-corrected chi connectivity index (χ4v) is 2.64. The smallest absolute Gasteiger partial charge is 0.195 e. The van der Waals surface area contributed by atoms with Gasteiger partial charge in [-0.2, -0.15) is 0 Å². The molecule has 0 spiro atoms. The second-order valence-electron chi connectivity index (χ2n) is 4.61. The van der Waals surface area contributed by atoms with Crippen molar-refractivity contribution in [1.82, 2.24) is 0 Å². The summed E-state index contributed by atoms with van der Waals surface area (Å²) in [5.74, 6) is -0.261. The minimum Gasteiger partial charge on any atom is -0.289 e. The second kappa shape index (κ2) is 4.42. The summed E-state index contributed by atoms with van der Waals surface area (Å²) in [4.78, 5) is 25.3. The molecule has 2 nitrogen and oxygen atoms in total. The molecule has 0 aromatic heterocycles. The molecule has 2 heteroatoms. The van der Waals surface area contributed by atoms with E-state index < -0.39 is 0 Å². The van der Waals surface area contributed by atoms with Crippen LogP contribution in [0.25, 0.3) is 12.2 Å². The molecule has 0 bridgehead atoms. The standard InChI is InChI=1S/C18H12O2/c1-3-11-7-5-9-13-15(11)18(20)16-12(4-2)8-6-10-14(16)17(13)19/h3-10H,1-2H2. The van der Waals surface area contributed by atoms with Gasteiger partial charge in [-0.3, -0.25) is 9.59 Å².